The quantitative estimate of drug-likeness (QED) is 0.680. The fourth-order valence-corrected chi connectivity index (χ4v) is 0.793. The van der Waals surface area contributed by atoms with Gasteiger partial charge in [-0.1, -0.05) is 0 Å². The van der Waals surface area contributed by atoms with E-state index in [0.29, 0.717) is 6.54 Å². The number of aromatic amines is 1. The molecule has 0 fully saturated rings. The first-order chi connectivity index (χ1) is 5.74. The van der Waals surface area contributed by atoms with Crippen LogP contribution >= 0.6 is 0 Å². The molecule has 0 aliphatic heterocycles. The summed E-state index contributed by atoms with van der Waals surface area (Å²) in [6.07, 6.45) is 1.14. The number of methoxy groups -OCH3 is 1. The second-order valence-electron chi connectivity index (χ2n) is 2.32. The molecule has 5 nitrogen and oxygen atoms in total. The van der Waals surface area contributed by atoms with Gasteiger partial charge in [-0.05, 0) is 6.92 Å². The van der Waals surface area contributed by atoms with E-state index >= 15 is 0 Å². The number of H-pyrrole nitrogens is 1. The van der Waals surface area contributed by atoms with Gasteiger partial charge in [-0.15, -0.1) is 0 Å². The number of aromatic nitrogens is 2. The number of carbonyl (C=O) groups excluding carboxylic acids is 1. The monoisotopic (exact) mass is 169 g/mol. The highest BCUT2D eigenvalue weighted by molar-refractivity contribution is 5.66. The zero-order valence-corrected chi connectivity index (χ0v) is 7.05. The summed E-state index contributed by atoms with van der Waals surface area (Å²) >= 11 is 0. The number of carbonyl (C=O) groups is 1. The smallest absolute Gasteiger partial charge is 0.407 e. The molecule has 1 rings (SSSR count). The normalized spacial score (nSPS) is 9.50. The molecule has 1 amide bonds. The van der Waals surface area contributed by atoms with E-state index in [0.717, 1.165) is 11.4 Å². The van der Waals surface area contributed by atoms with Gasteiger partial charge in [0.05, 0.1) is 25.7 Å². The summed E-state index contributed by atoms with van der Waals surface area (Å²) in [5.41, 5.74) is 1.77. The molecule has 2 N–H and O–H groups in total. The van der Waals surface area contributed by atoms with Crippen molar-refractivity contribution in [3.05, 3.63) is 17.7 Å². The van der Waals surface area contributed by atoms with Crippen LogP contribution in [0, 0.1) is 6.92 Å². The van der Waals surface area contributed by atoms with Crippen LogP contribution in [-0.4, -0.2) is 23.2 Å². The maximum atomic E-state index is 10.6. The first-order valence-electron chi connectivity index (χ1n) is 3.54. The van der Waals surface area contributed by atoms with Crippen molar-refractivity contribution in [3.63, 3.8) is 0 Å². The van der Waals surface area contributed by atoms with E-state index in [1.54, 1.807) is 6.33 Å². The van der Waals surface area contributed by atoms with Gasteiger partial charge in [-0.3, -0.25) is 0 Å². The Morgan fingerprint density at radius 3 is 3.08 bits per heavy atom. The fourth-order valence-electron chi connectivity index (χ4n) is 0.793. The Bertz CT molecular complexity index is 269. The highest BCUT2D eigenvalue weighted by Gasteiger charge is 2.02. The van der Waals surface area contributed by atoms with Crippen molar-refractivity contribution in [2.75, 3.05) is 7.11 Å². The highest BCUT2D eigenvalue weighted by Crippen LogP contribution is 1.98. The maximum Gasteiger partial charge on any atom is 0.407 e. The number of nitrogens with zero attached hydrogens (tertiary/aromatic N) is 1. The third kappa shape index (κ3) is 1.98. The third-order valence-corrected chi connectivity index (χ3v) is 1.52. The Morgan fingerprint density at radius 1 is 1.83 bits per heavy atom. The van der Waals surface area contributed by atoms with Crippen molar-refractivity contribution < 1.29 is 9.53 Å². The van der Waals surface area contributed by atoms with Crippen molar-refractivity contribution in [2.24, 2.45) is 0 Å². The van der Waals surface area contributed by atoms with E-state index in [-0.39, 0.29) is 0 Å². The number of aryl methyl sites for hydroxylation is 1. The average Bonchev–Trinajstić information content (AvgIpc) is 2.47. The summed E-state index contributed by atoms with van der Waals surface area (Å²) in [5.74, 6) is 0. The predicted octanol–water partition coefficient (Wildman–Crippen LogP) is 0.574. The van der Waals surface area contributed by atoms with Crippen LogP contribution in [0.1, 0.15) is 11.4 Å². The molecule has 5 heteroatoms. The molecule has 1 heterocycles. The van der Waals surface area contributed by atoms with Crippen LogP contribution in [0.3, 0.4) is 0 Å². The number of ether oxygens (including phenoxy) is 1. The summed E-state index contributed by atoms with van der Waals surface area (Å²) in [6, 6.07) is 0. The second kappa shape index (κ2) is 3.75. The summed E-state index contributed by atoms with van der Waals surface area (Å²) < 4.78 is 4.40. The molecule has 0 atom stereocenters. The molecule has 12 heavy (non-hydrogen) atoms. The van der Waals surface area contributed by atoms with Crippen molar-refractivity contribution in [2.45, 2.75) is 13.5 Å². The van der Waals surface area contributed by atoms with Crippen LogP contribution in [0.5, 0.6) is 0 Å². The van der Waals surface area contributed by atoms with E-state index in [2.05, 4.69) is 20.0 Å². The molecule has 0 bridgehead atoms. The summed E-state index contributed by atoms with van der Waals surface area (Å²) in [6.45, 7) is 2.28. The lowest BCUT2D eigenvalue weighted by molar-refractivity contribution is 0.170. The van der Waals surface area contributed by atoms with Crippen LogP contribution in [0.4, 0.5) is 4.79 Å². The molecule has 0 aliphatic carbocycles. The van der Waals surface area contributed by atoms with E-state index in [1.807, 2.05) is 6.92 Å². The van der Waals surface area contributed by atoms with E-state index in [4.69, 9.17) is 0 Å². The number of amides is 1. The lowest BCUT2D eigenvalue weighted by atomic mass is 10.3. The van der Waals surface area contributed by atoms with Gasteiger partial charge in [0.25, 0.3) is 0 Å². The molecule has 0 aliphatic rings. The number of rotatable bonds is 2. The standard InChI is InChI=1S/C7H11N3O2/c1-5-6(10-4-9-5)3-8-7(11)12-2/h4H,3H2,1-2H3,(H,8,11)(H,9,10). The second-order valence-corrected chi connectivity index (χ2v) is 2.32. The summed E-state index contributed by atoms with van der Waals surface area (Å²) in [5, 5.41) is 2.53. The number of nitrogens with one attached hydrogen (secondary N) is 2. The van der Waals surface area contributed by atoms with Crippen molar-refractivity contribution in [1.29, 1.82) is 0 Å². The van der Waals surface area contributed by atoms with Crippen LogP contribution in [0.25, 0.3) is 0 Å². The Kier molecular flexibility index (Phi) is 2.68. The van der Waals surface area contributed by atoms with Crippen molar-refractivity contribution in [1.82, 2.24) is 15.3 Å². The maximum absolute atomic E-state index is 10.6. The van der Waals surface area contributed by atoms with Gasteiger partial charge < -0.3 is 15.0 Å². The molecule has 0 radical (unpaired) electrons. The van der Waals surface area contributed by atoms with Crippen LogP contribution in [-0.2, 0) is 11.3 Å². The Hall–Kier alpha value is -1.52. The van der Waals surface area contributed by atoms with Gasteiger partial charge in [0.1, 0.15) is 0 Å². The van der Waals surface area contributed by atoms with Gasteiger partial charge in [0.2, 0.25) is 0 Å². The zero-order valence-electron chi connectivity index (χ0n) is 7.05. The Morgan fingerprint density at radius 2 is 2.58 bits per heavy atom. The molecule has 1 aromatic heterocycles. The first kappa shape index (κ1) is 8.58. The number of hydrogen-bond donors (Lipinski definition) is 2. The minimum Gasteiger partial charge on any atom is -0.453 e. The topological polar surface area (TPSA) is 67.0 Å². The van der Waals surface area contributed by atoms with Crippen LogP contribution in [0.2, 0.25) is 0 Å². The summed E-state index contributed by atoms with van der Waals surface area (Å²) in [7, 11) is 1.33. The van der Waals surface area contributed by atoms with Gasteiger partial charge in [0.15, 0.2) is 0 Å². The van der Waals surface area contributed by atoms with Gasteiger partial charge >= 0.3 is 6.09 Å². The molecule has 1 aromatic rings. The Labute approximate surface area is 70.1 Å². The van der Waals surface area contributed by atoms with E-state index in [1.165, 1.54) is 7.11 Å². The molecule has 0 unspecified atom stereocenters. The molecule has 66 valence electrons. The summed E-state index contributed by atoms with van der Waals surface area (Å²) in [4.78, 5) is 17.6. The van der Waals surface area contributed by atoms with E-state index in [9.17, 15) is 4.79 Å². The minimum atomic E-state index is -0.447. The predicted molar refractivity (Wildman–Crippen MR) is 42.6 cm³/mol. The van der Waals surface area contributed by atoms with E-state index < -0.39 is 6.09 Å². The zero-order chi connectivity index (χ0) is 8.97. The number of imidazole rings is 1. The molecule has 0 aromatic carbocycles. The SMILES string of the molecule is COC(=O)NCc1nc[nH]c1C. The molecular weight excluding hydrogens is 158 g/mol. The van der Waals surface area contributed by atoms with Crippen molar-refractivity contribution >= 4 is 6.09 Å². The van der Waals surface area contributed by atoms with Crippen LogP contribution in [0.15, 0.2) is 6.33 Å². The van der Waals surface area contributed by atoms with Crippen LogP contribution < -0.4 is 5.32 Å². The molecule has 0 saturated heterocycles. The van der Waals surface area contributed by atoms with Gasteiger partial charge in [0, 0.05) is 5.69 Å². The number of hydrogen-bond acceptors (Lipinski definition) is 3. The molecular formula is C7H11N3O2. The number of alkyl carbamates (subject to hydrolysis) is 1. The largest absolute Gasteiger partial charge is 0.453 e. The van der Waals surface area contributed by atoms with Gasteiger partial charge in [-0.2, -0.15) is 0 Å². The van der Waals surface area contributed by atoms with Crippen molar-refractivity contribution in [3.8, 4) is 0 Å². The first-order valence-corrected chi connectivity index (χ1v) is 3.54. The fraction of sp³-hybridized carbons (Fsp3) is 0.429. The lowest BCUT2D eigenvalue weighted by Gasteiger charge is -2.00. The molecule has 0 saturated carbocycles. The third-order valence-electron chi connectivity index (χ3n) is 1.52. The lowest BCUT2D eigenvalue weighted by Crippen LogP contribution is -2.22. The highest BCUT2D eigenvalue weighted by atomic mass is 16.5. The van der Waals surface area contributed by atoms with Gasteiger partial charge in [-0.25, -0.2) is 9.78 Å². The Balaban J connectivity index is 2.43. The minimum absolute atomic E-state index is 0.391. The molecule has 0 spiro atoms. The average molecular weight is 169 g/mol.